The van der Waals surface area contributed by atoms with E-state index < -0.39 is 17.3 Å². The number of nitrogens with zero attached hydrogens (tertiary/aromatic N) is 3. The highest BCUT2D eigenvalue weighted by Crippen LogP contribution is 2.36. The summed E-state index contributed by atoms with van der Waals surface area (Å²) in [7, 11) is 0. The zero-order valence-electron chi connectivity index (χ0n) is 14.3. The number of hydrogen-bond acceptors (Lipinski definition) is 3. The quantitative estimate of drug-likeness (QED) is 0.908. The standard InChI is InChI=1S/C18H20F3N3O2/c1-13-5-8-22-24(13)12-16(25)23-9-6-17(26,7-10-23)14-3-2-4-15(11-14)18(19,20)21/h2-5,8,11,26H,6-7,9-10,12H2,1H3. The number of aliphatic hydroxyl groups is 1. The van der Waals surface area contributed by atoms with Gasteiger partial charge in [-0.2, -0.15) is 18.3 Å². The maximum Gasteiger partial charge on any atom is 0.416 e. The van der Waals surface area contributed by atoms with Crippen LogP contribution in [0.3, 0.4) is 0 Å². The van der Waals surface area contributed by atoms with Crippen LogP contribution in [0.1, 0.15) is 29.7 Å². The van der Waals surface area contributed by atoms with Crippen LogP contribution < -0.4 is 0 Å². The van der Waals surface area contributed by atoms with Crippen LogP contribution in [0.4, 0.5) is 13.2 Å². The zero-order chi connectivity index (χ0) is 18.9. The van der Waals surface area contributed by atoms with Gasteiger partial charge in [0.15, 0.2) is 0 Å². The Morgan fingerprint density at radius 1 is 1.27 bits per heavy atom. The fraction of sp³-hybridized carbons (Fsp3) is 0.444. The van der Waals surface area contributed by atoms with E-state index in [9.17, 15) is 23.1 Å². The summed E-state index contributed by atoms with van der Waals surface area (Å²) in [4.78, 5) is 14.0. The van der Waals surface area contributed by atoms with Crippen molar-refractivity contribution in [3.63, 3.8) is 0 Å². The van der Waals surface area contributed by atoms with Gasteiger partial charge in [0, 0.05) is 25.0 Å². The molecule has 8 heteroatoms. The molecule has 5 nitrogen and oxygen atoms in total. The summed E-state index contributed by atoms with van der Waals surface area (Å²) in [6.07, 6.45) is -2.45. The van der Waals surface area contributed by atoms with Crippen molar-refractivity contribution in [2.45, 2.75) is 38.1 Å². The largest absolute Gasteiger partial charge is 0.416 e. The lowest BCUT2D eigenvalue weighted by atomic mass is 9.83. The Balaban J connectivity index is 1.67. The van der Waals surface area contributed by atoms with Crippen LogP contribution in [0, 0.1) is 6.92 Å². The van der Waals surface area contributed by atoms with Crippen molar-refractivity contribution in [1.82, 2.24) is 14.7 Å². The van der Waals surface area contributed by atoms with Crippen molar-refractivity contribution in [3.8, 4) is 0 Å². The molecule has 26 heavy (non-hydrogen) atoms. The first-order chi connectivity index (χ1) is 12.2. The lowest BCUT2D eigenvalue weighted by molar-refractivity contribution is -0.137. The summed E-state index contributed by atoms with van der Waals surface area (Å²) in [6, 6.07) is 6.58. The number of hydrogen-bond donors (Lipinski definition) is 1. The molecule has 3 rings (SSSR count). The third-order valence-electron chi connectivity index (χ3n) is 4.88. The highest BCUT2D eigenvalue weighted by atomic mass is 19.4. The molecule has 1 N–H and O–H groups in total. The molecule has 0 atom stereocenters. The number of carbonyl (C=O) groups is 1. The fourth-order valence-corrected chi connectivity index (χ4v) is 3.19. The van der Waals surface area contributed by atoms with Crippen molar-refractivity contribution >= 4 is 5.91 Å². The van der Waals surface area contributed by atoms with Crippen LogP contribution in [0.25, 0.3) is 0 Å². The molecule has 1 aromatic carbocycles. The Labute approximate surface area is 149 Å². The Morgan fingerprint density at radius 2 is 1.96 bits per heavy atom. The minimum Gasteiger partial charge on any atom is -0.385 e. The third kappa shape index (κ3) is 3.75. The lowest BCUT2D eigenvalue weighted by Crippen LogP contribution is -2.46. The summed E-state index contributed by atoms with van der Waals surface area (Å²) in [5.74, 6) is -0.122. The number of alkyl halides is 3. The molecular weight excluding hydrogens is 347 g/mol. The van der Waals surface area contributed by atoms with Gasteiger partial charge < -0.3 is 10.0 Å². The van der Waals surface area contributed by atoms with E-state index in [0.717, 1.165) is 17.8 Å². The maximum absolute atomic E-state index is 12.9. The molecule has 1 saturated heterocycles. The number of piperidine rings is 1. The average Bonchev–Trinajstić information content (AvgIpc) is 3.00. The van der Waals surface area contributed by atoms with E-state index in [1.54, 1.807) is 21.8 Å². The van der Waals surface area contributed by atoms with Crippen LogP contribution in [-0.4, -0.2) is 38.8 Å². The Kier molecular flexibility index (Phi) is 4.79. The number of aromatic nitrogens is 2. The fourth-order valence-electron chi connectivity index (χ4n) is 3.19. The number of likely N-dealkylation sites (tertiary alicyclic amines) is 1. The SMILES string of the molecule is Cc1ccnn1CC(=O)N1CCC(O)(c2cccc(C(F)(F)F)c2)CC1. The van der Waals surface area contributed by atoms with Gasteiger partial charge in [0.25, 0.3) is 0 Å². The first kappa shape index (κ1) is 18.4. The molecule has 1 aliphatic heterocycles. The van der Waals surface area contributed by atoms with E-state index >= 15 is 0 Å². The molecule has 2 aromatic rings. The molecule has 2 heterocycles. The number of rotatable bonds is 3. The van der Waals surface area contributed by atoms with Crippen LogP contribution in [0.15, 0.2) is 36.5 Å². The average molecular weight is 367 g/mol. The first-order valence-corrected chi connectivity index (χ1v) is 8.35. The molecule has 1 aliphatic rings. The highest BCUT2D eigenvalue weighted by Gasteiger charge is 2.38. The molecule has 0 saturated carbocycles. The highest BCUT2D eigenvalue weighted by molar-refractivity contribution is 5.76. The van der Waals surface area contributed by atoms with E-state index in [0.29, 0.717) is 0 Å². The predicted octanol–water partition coefficient (Wildman–Crippen LogP) is 2.72. The third-order valence-corrected chi connectivity index (χ3v) is 4.88. The molecule has 140 valence electrons. The van der Waals surface area contributed by atoms with Crippen molar-refractivity contribution in [1.29, 1.82) is 0 Å². The molecule has 1 aromatic heterocycles. The smallest absolute Gasteiger partial charge is 0.385 e. The van der Waals surface area contributed by atoms with Gasteiger partial charge in [-0.1, -0.05) is 12.1 Å². The molecule has 1 fully saturated rings. The van der Waals surface area contributed by atoms with Gasteiger partial charge in [-0.25, -0.2) is 0 Å². The van der Waals surface area contributed by atoms with E-state index in [-0.39, 0.29) is 43.9 Å². The van der Waals surface area contributed by atoms with Crippen LogP contribution in [0.5, 0.6) is 0 Å². The lowest BCUT2D eigenvalue weighted by Gasteiger charge is -2.38. The van der Waals surface area contributed by atoms with E-state index in [1.165, 1.54) is 12.1 Å². The van der Waals surface area contributed by atoms with Crippen LogP contribution in [-0.2, 0) is 23.1 Å². The normalized spacial score (nSPS) is 17.3. The number of carbonyl (C=O) groups excluding carboxylic acids is 1. The second-order valence-electron chi connectivity index (χ2n) is 6.62. The molecule has 0 bridgehead atoms. The topological polar surface area (TPSA) is 58.4 Å². The van der Waals surface area contributed by atoms with Crippen molar-refractivity contribution in [2.24, 2.45) is 0 Å². The van der Waals surface area contributed by atoms with Crippen molar-refractivity contribution in [3.05, 3.63) is 53.3 Å². The van der Waals surface area contributed by atoms with Gasteiger partial charge in [-0.3, -0.25) is 9.48 Å². The van der Waals surface area contributed by atoms with Crippen LogP contribution >= 0.6 is 0 Å². The number of amides is 1. The molecule has 0 unspecified atom stereocenters. The number of benzene rings is 1. The van der Waals surface area contributed by atoms with E-state index in [2.05, 4.69) is 5.10 Å². The summed E-state index contributed by atoms with van der Waals surface area (Å²) >= 11 is 0. The minimum atomic E-state index is -4.45. The number of halogens is 3. The minimum absolute atomic E-state index is 0.112. The summed E-state index contributed by atoms with van der Waals surface area (Å²) in [5, 5.41) is 14.9. The second-order valence-corrected chi connectivity index (χ2v) is 6.62. The van der Waals surface area contributed by atoms with E-state index in [1.807, 2.05) is 6.92 Å². The van der Waals surface area contributed by atoms with Crippen molar-refractivity contribution < 1.29 is 23.1 Å². The predicted molar refractivity (Wildman–Crippen MR) is 88.1 cm³/mol. The second kappa shape index (κ2) is 6.75. The summed E-state index contributed by atoms with van der Waals surface area (Å²) in [6.45, 7) is 2.53. The van der Waals surface area contributed by atoms with Gasteiger partial charge in [0.05, 0.1) is 11.2 Å². The van der Waals surface area contributed by atoms with Gasteiger partial charge in [0.2, 0.25) is 5.91 Å². The number of aryl methyl sites for hydroxylation is 1. The Hall–Kier alpha value is -2.35. The zero-order valence-corrected chi connectivity index (χ0v) is 14.3. The van der Waals surface area contributed by atoms with Crippen molar-refractivity contribution in [2.75, 3.05) is 13.1 Å². The Morgan fingerprint density at radius 3 is 2.54 bits per heavy atom. The summed E-state index contributed by atoms with van der Waals surface area (Å²) in [5.41, 5.74) is -1.03. The summed E-state index contributed by atoms with van der Waals surface area (Å²) < 4.78 is 40.3. The molecule has 0 aliphatic carbocycles. The monoisotopic (exact) mass is 367 g/mol. The van der Waals surface area contributed by atoms with E-state index in [4.69, 9.17) is 0 Å². The van der Waals surface area contributed by atoms with Gasteiger partial charge in [0.1, 0.15) is 6.54 Å². The molecule has 1 amide bonds. The van der Waals surface area contributed by atoms with Gasteiger partial charge >= 0.3 is 6.18 Å². The molecule has 0 radical (unpaired) electrons. The Bertz CT molecular complexity index is 793. The van der Waals surface area contributed by atoms with Gasteiger partial charge in [-0.05, 0) is 43.5 Å². The van der Waals surface area contributed by atoms with Gasteiger partial charge in [-0.15, -0.1) is 0 Å². The van der Waals surface area contributed by atoms with Crippen LogP contribution in [0.2, 0.25) is 0 Å². The molecular formula is C18H20F3N3O2. The maximum atomic E-state index is 12.9. The molecule has 0 spiro atoms. The first-order valence-electron chi connectivity index (χ1n) is 8.35.